The minimum atomic E-state index is -0.488. The third-order valence-corrected chi connectivity index (χ3v) is 4.76. The van der Waals surface area contributed by atoms with Gasteiger partial charge in [0.2, 0.25) is 0 Å². The van der Waals surface area contributed by atoms with Gasteiger partial charge in [0.25, 0.3) is 11.5 Å². The van der Waals surface area contributed by atoms with Crippen LogP contribution in [0.25, 0.3) is 16.7 Å². The number of hydrogen-bond donors (Lipinski definition) is 2. The van der Waals surface area contributed by atoms with Crippen molar-refractivity contribution < 1.29 is 9.21 Å². The van der Waals surface area contributed by atoms with Crippen LogP contribution in [-0.2, 0) is 6.54 Å². The molecule has 0 saturated heterocycles. The van der Waals surface area contributed by atoms with Gasteiger partial charge in [-0.3, -0.25) is 19.4 Å². The smallest absolute Gasteiger partial charge is 0.267 e. The number of carbonyl (C=O) groups excluding carboxylic acids is 1. The predicted octanol–water partition coefficient (Wildman–Crippen LogP) is 2.61. The summed E-state index contributed by atoms with van der Waals surface area (Å²) in [4.78, 5) is 30.9. The maximum atomic E-state index is 13.3. The molecule has 4 aromatic rings. The van der Waals surface area contributed by atoms with Crippen molar-refractivity contribution in [3.05, 3.63) is 75.5 Å². The fraction of sp³-hybridized carbons (Fsp3) is 0.273. The van der Waals surface area contributed by atoms with E-state index in [2.05, 4.69) is 10.3 Å². The number of aromatic nitrogens is 3. The Labute approximate surface area is 172 Å². The topological polar surface area (TPSA) is 105 Å². The molecule has 0 radical (unpaired) electrons. The Balaban J connectivity index is 2.07. The summed E-state index contributed by atoms with van der Waals surface area (Å²) in [5.41, 5.74) is 0.968. The third-order valence-electron chi connectivity index (χ3n) is 4.76. The van der Waals surface area contributed by atoms with Crippen LogP contribution in [0.15, 0.2) is 52.0 Å². The molecule has 0 spiro atoms. The van der Waals surface area contributed by atoms with Crippen LogP contribution in [0.3, 0.4) is 0 Å². The van der Waals surface area contributed by atoms with Crippen molar-refractivity contribution >= 4 is 22.6 Å². The first-order chi connectivity index (χ1) is 14.2. The number of hydrogen-bond acceptors (Lipinski definition) is 5. The standard InChI is InChI=1S/C22H23N5O3/c1-13-7-5-9-26-18(13)24-19-16(21(26)29)11-15(20(28)25-22(2,3)4)17(23)27(19)12-14-8-6-10-30-14/h5-11,23H,12H2,1-4H3,(H,25,28). The van der Waals surface area contributed by atoms with E-state index in [0.717, 1.165) is 5.56 Å². The van der Waals surface area contributed by atoms with Crippen LogP contribution in [0.5, 0.6) is 0 Å². The van der Waals surface area contributed by atoms with Gasteiger partial charge in [-0.1, -0.05) is 6.07 Å². The predicted molar refractivity (Wildman–Crippen MR) is 113 cm³/mol. The van der Waals surface area contributed by atoms with Crippen molar-refractivity contribution in [2.24, 2.45) is 0 Å². The summed E-state index contributed by atoms with van der Waals surface area (Å²) in [5.74, 6) is 0.172. The summed E-state index contributed by atoms with van der Waals surface area (Å²) in [6.45, 7) is 7.63. The van der Waals surface area contributed by atoms with E-state index < -0.39 is 11.4 Å². The molecule has 4 aromatic heterocycles. The largest absolute Gasteiger partial charge is 0.467 e. The zero-order valence-corrected chi connectivity index (χ0v) is 17.3. The van der Waals surface area contributed by atoms with Gasteiger partial charge in [-0.2, -0.15) is 0 Å². The second-order valence-electron chi connectivity index (χ2n) is 8.32. The molecule has 0 unspecified atom stereocenters. The lowest BCUT2D eigenvalue weighted by Crippen LogP contribution is -2.43. The summed E-state index contributed by atoms with van der Waals surface area (Å²) < 4.78 is 8.45. The molecule has 0 fully saturated rings. The highest BCUT2D eigenvalue weighted by Gasteiger charge is 2.21. The van der Waals surface area contributed by atoms with Gasteiger partial charge in [0.1, 0.15) is 22.5 Å². The molecule has 30 heavy (non-hydrogen) atoms. The number of pyridine rings is 2. The number of carbonyl (C=O) groups is 1. The maximum absolute atomic E-state index is 13.3. The number of nitrogens with zero attached hydrogens (tertiary/aromatic N) is 3. The minimum Gasteiger partial charge on any atom is -0.467 e. The average molecular weight is 405 g/mol. The summed E-state index contributed by atoms with van der Waals surface area (Å²) in [6, 6.07) is 8.64. The van der Waals surface area contributed by atoms with Crippen molar-refractivity contribution in [2.45, 2.75) is 39.8 Å². The summed E-state index contributed by atoms with van der Waals surface area (Å²) in [6.07, 6.45) is 3.19. The summed E-state index contributed by atoms with van der Waals surface area (Å²) in [5, 5.41) is 11.8. The second-order valence-corrected chi connectivity index (χ2v) is 8.32. The van der Waals surface area contributed by atoms with Crippen LogP contribution in [0, 0.1) is 12.3 Å². The lowest BCUT2D eigenvalue weighted by molar-refractivity contribution is 0.0917. The average Bonchev–Trinajstić information content (AvgIpc) is 3.17. The lowest BCUT2D eigenvalue weighted by atomic mass is 10.1. The van der Waals surface area contributed by atoms with Crippen molar-refractivity contribution in [3.8, 4) is 0 Å². The molecule has 154 valence electrons. The zero-order chi connectivity index (χ0) is 21.6. The van der Waals surface area contributed by atoms with Gasteiger partial charge in [-0.25, -0.2) is 4.98 Å². The number of fused-ring (bicyclic) bond motifs is 2. The summed E-state index contributed by atoms with van der Waals surface area (Å²) in [7, 11) is 0. The molecule has 2 N–H and O–H groups in total. The van der Waals surface area contributed by atoms with Crippen LogP contribution in [0.1, 0.15) is 42.5 Å². The molecular weight excluding hydrogens is 382 g/mol. The third kappa shape index (κ3) is 3.41. The van der Waals surface area contributed by atoms with Gasteiger partial charge >= 0.3 is 0 Å². The Bertz CT molecular complexity index is 1390. The number of rotatable bonds is 3. The normalized spacial score (nSPS) is 11.9. The van der Waals surface area contributed by atoms with Crippen LogP contribution in [0.4, 0.5) is 0 Å². The fourth-order valence-corrected chi connectivity index (χ4v) is 3.39. The zero-order valence-electron chi connectivity index (χ0n) is 17.3. The Morgan fingerprint density at radius 1 is 1.23 bits per heavy atom. The molecule has 0 aliphatic heterocycles. The minimum absolute atomic E-state index is 0.0366. The maximum Gasteiger partial charge on any atom is 0.267 e. The van der Waals surface area contributed by atoms with E-state index in [1.807, 2.05) is 33.8 Å². The van der Waals surface area contributed by atoms with Crippen molar-refractivity contribution in [1.29, 1.82) is 5.41 Å². The Hall–Kier alpha value is -3.68. The van der Waals surface area contributed by atoms with E-state index in [4.69, 9.17) is 9.83 Å². The number of nitrogens with one attached hydrogen (secondary N) is 2. The molecule has 1 amide bonds. The number of aryl methyl sites for hydroxylation is 1. The van der Waals surface area contributed by atoms with Crippen LogP contribution < -0.4 is 16.4 Å². The van der Waals surface area contributed by atoms with Gasteiger partial charge in [0, 0.05) is 11.7 Å². The van der Waals surface area contributed by atoms with E-state index in [9.17, 15) is 9.59 Å². The molecule has 0 aliphatic rings. The van der Waals surface area contributed by atoms with Gasteiger partial charge in [0.15, 0.2) is 0 Å². The highest BCUT2D eigenvalue weighted by molar-refractivity contribution is 5.97. The van der Waals surface area contributed by atoms with E-state index in [0.29, 0.717) is 17.1 Å². The molecule has 4 heterocycles. The first kappa shape index (κ1) is 19.6. The van der Waals surface area contributed by atoms with Crippen molar-refractivity contribution in [3.63, 3.8) is 0 Å². The monoisotopic (exact) mass is 405 g/mol. The quantitative estimate of drug-likeness (QED) is 0.511. The SMILES string of the molecule is Cc1cccn2c(=O)c3cc(C(=O)NC(C)(C)C)c(=N)n(Cc4ccco4)c3nc12. The summed E-state index contributed by atoms with van der Waals surface area (Å²) >= 11 is 0. The van der Waals surface area contributed by atoms with E-state index in [-0.39, 0.29) is 28.5 Å². The molecule has 8 nitrogen and oxygen atoms in total. The van der Waals surface area contributed by atoms with E-state index >= 15 is 0 Å². The first-order valence-corrected chi connectivity index (χ1v) is 9.61. The Kier molecular flexibility index (Phi) is 4.57. The first-order valence-electron chi connectivity index (χ1n) is 9.61. The molecule has 0 aromatic carbocycles. The van der Waals surface area contributed by atoms with Crippen LogP contribution in [-0.4, -0.2) is 25.4 Å². The Morgan fingerprint density at radius 3 is 2.67 bits per heavy atom. The van der Waals surface area contributed by atoms with E-state index in [1.54, 1.807) is 35.2 Å². The van der Waals surface area contributed by atoms with E-state index in [1.165, 1.54) is 10.5 Å². The van der Waals surface area contributed by atoms with Crippen molar-refractivity contribution in [1.82, 2.24) is 19.3 Å². The lowest BCUT2D eigenvalue weighted by Gasteiger charge is -2.21. The molecule has 4 rings (SSSR count). The molecule has 0 bridgehead atoms. The van der Waals surface area contributed by atoms with Gasteiger partial charge in [-0.05, 0) is 57.5 Å². The number of amides is 1. The highest BCUT2D eigenvalue weighted by Crippen LogP contribution is 2.15. The van der Waals surface area contributed by atoms with Crippen molar-refractivity contribution in [2.75, 3.05) is 0 Å². The fourth-order valence-electron chi connectivity index (χ4n) is 3.39. The Morgan fingerprint density at radius 2 is 2.00 bits per heavy atom. The van der Waals surface area contributed by atoms with Gasteiger partial charge in [0.05, 0.1) is 23.8 Å². The number of furan rings is 1. The molecule has 8 heteroatoms. The van der Waals surface area contributed by atoms with Crippen LogP contribution >= 0.6 is 0 Å². The second kappa shape index (κ2) is 6.98. The van der Waals surface area contributed by atoms with Gasteiger partial charge < -0.3 is 14.3 Å². The molecular formula is C22H23N5O3. The molecule has 0 aliphatic carbocycles. The van der Waals surface area contributed by atoms with Gasteiger partial charge in [-0.15, -0.1) is 0 Å². The van der Waals surface area contributed by atoms with Crippen LogP contribution in [0.2, 0.25) is 0 Å². The highest BCUT2D eigenvalue weighted by atomic mass is 16.3. The molecule has 0 atom stereocenters. The molecule has 0 saturated carbocycles.